The molecule has 1 aliphatic carbocycles. The van der Waals surface area contributed by atoms with E-state index in [1.807, 2.05) is 6.92 Å². The van der Waals surface area contributed by atoms with E-state index in [-0.39, 0.29) is 30.8 Å². The van der Waals surface area contributed by atoms with E-state index in [2.05, 4.69) is 15.7 Å². The Morgan fingerprint density at radius 3 is 2.90 bits per heavy atom. The number of nitrogens with two attached hydrogens (primary N) is 1. The summed E-state index contributed by atoms with van der Waals surface area (Å²) in [5.74, 6) is -0.192. The molecule has 110 valence electrons. The molecule has 1 atom stereocenters. The second-order valence-electron chi connectivity index (χ2n) is 5.19. The minimum atomic E-state index is -0.138. The Balaban J connectivity index is 1.78. The summed E-state index contributed by atoms with van der Waals surface area (Å²) < 4.78 is 1.51. The van der Waals surface area contributed by atoms with E-state index in [4.69, 9.17) is 5.73 Å². The summed E-state index contributed by atoms with van der Waals surface area (Å²) in [7, 11) is 0. The van der Waals surface area contributed by atoms with Crippen molar-refractivity contribution in [1.29, 1.82) is 0 Å². The van der Waals surface area contributed by atoms with Crippen LogP contribution in [0.4, 0.5) is 5.69 Å². The number of rotatable bonds is 7. The fourth-order valence-corrected chi connectivity index (χ4v) is 1.76. The number of hydrogen-bond acceptors (Lipinski definition) is 4. The normalized spacial score (nSPS) is 15.7. The lowest BCUT2D eigenvalue weighted by atomic mass is 10.1. The summed E-state index contributed by atoms with van der Waals surface area (Å²) in [5, 5.41) is 9.65. The van der Waals surface area contributed by atoms with Crippen molar-refractivity contribution in [3.05, 3.63) is 12.4 Å². The molecule has 2 rings (SSSR count). The lowest BCUT2D eigenvalue weighted by molar-refractivity contribution is -0.122. The molecule has 1 heterocycles. The molecule has 7 heteroatoms. The lowest BCUT2D eigenvalue weighted by Crippen LogP contribution is -2.29. The second kappa shape index (κ2) is 6.51. The predicted molar refractivity (Wildman–Crippen MR) is 74.9 cm³/mol. The van der Waals surface area contributed by atoms with Crippen LogP contribution >= 0.6 is 0 Å². The van der Waals surface area contributed by atoms with Crippen LogP contribution < -0.4 is 16.4 Å². The summed E-state index contributed by atoms with van der Waals surface area (Å²) in [6.45, 7) is 2.11. The molecule has 20 heavy (non-hydrogen) atoms. The molecule has 4 N–H and O–H groups in total. The highest BCUT2D eigenvalue weighted by molar-refractivity contribution is 5.90. The van der Waals surface area contributed by atoms with Crippen molar-refractivity contribution in [2.75, 3.05) is 5.32 Å². The van der Waals surface area contributed by atoms with Crippen molar-refractivity contribution < 1.29 is 9.59 Å². The van der Waals surface area contributed by atoms with Gasteiger partial charge in [0.1, 0.15) is 6.54 Å². The van der Waals surface area contributed by atoms with Crippen LogP contribution in [0.25, 0.3) is 0 Å². The van der Waals surface area contributed by atoms with E-state index < -0.39 is 0 Å². The summed E-state index contributed by atoms with van der Waals surface area (Å²) in [4.78, 5) is 23.3. The highest BCUT2D eigenvalue weighted by Crippen LogP contribution is 2.18. The summed E-state index contributed by atoms with van der Waals surface area (Å²) in [6.07, 6.45) is 6.33. The number of hydrogen-bond donors (Lipinski definition) is 3. The molecule has 0 spiro atoms. The van der Waals surface area contributed by atoms with E-state index in [1.54, 1.807) is 6.20 Å². The zero-order valence-electron chi connectivity index (χ0n) is 11.6. The third kappa shape index (κ3) is 4.65. The van der Waals surface area contributed by atoms with Gasteiger partial charge in [0.15, 0.2) is 0 Å². The molecular weight excluding hydrogens is 258 g/mol. The molecule has 2 amide bonds. The number of carbonyl (C=O) groups is 2. The lowest BCUT2D eigenvalue weighted by Gasteiger charge is -2.07. The first kappa shape index (κ1) is 14.5. The molecule has 1 unspecified atom stereocenters. The van der Waals surface area contributed by atoms with Gasteiger partial charge in [-0.2, -0.15) is 5.10 Å². The van der Waals surface area contributed by atoms with Gasteiger partial charge in [-0.05, 0) is 19.3 Å². The standard InChI is InChI=1S/C13H21N5O2/c1-2-9(14)5-12(19)17-11-6-15-18(7-11)8-13(20)16-10-3-4-10/h6-7,9-10H,2-5,8,14H2,1H3,(H,16,20)(H,17,19). The third-order valence-electron chi connectivity index (χ3n) is 3.14. The Hall–Kier alpha value is -1.89. The van der Waals surface area contributed by atoms with Gasteiger partial charge in [0, 0.05) is 24.7 Å². The van der Waals surface area contributed by atoms with Crippen molar-refractivity contribution in [1.82, 2.24) is 15.1 Å². The maximum atomic E-state index is 11.7. The van der Waals surface area contributed by atoms with E-state index in [9.17, 15) is 9.59 Å². The van der Waals surface area contributed by atoms with Crippen LogP contribution in [0.15, 0.2) is 12.4 Å². The number of amides is 2. The molecule has 0 saturated heterocycles. The van der Waals surface area contributed by atoms with Crippen LogP contribution in [0, 0.1) is 0 Å². The summed E-state index contributed by atoms with van der Waals surface area (Å²) in [5.41, 5.74) is 6.30. The minimum Gasteiger partial charge on any atom is -0.352 e. The van der Waals surface area contributed by atoms with Crippen molar-refractivity contribution in [3.63, 3.8) is 0 Å². The van der Waals surface area contributed by atoms with Gasteiger partial charge in [-0.1, -0.05) is 6.92 Å². The van der Waals surface area contributed by atoms with Crippen molar-refractivity contribution >= 4 is 17.5 Å². The van der Waals surface area contributed by atoms with Crippen LogP contribution in [-0.4, -0.2) is 33.7 Å². The number of anilines is 1. The maximum Gasteiger partial charge on any atom is 0.241 e. The minimum absolute atomic E-state index is 0.0542. The first-order valence-corrected chi connectivity index (χ1v) is 6.94. The Kier molecular flexibility index (Phi) is 4.73. The molecule has 0 radical (unpaired) electrons. The van der Waals surface area contributed by atoms with Gasteiger partial charge in [0.2, 0.25) is 11.8 Å². The Labute approximate surface area is 117 Å². The molecule has 0 bridgehead atoms. The smallest absolute Gasteiger partial charge is 0.241 e. The Morgan fingerprint density at radius 2 is 2.25 bits per heavy atom. The molecular formula is C13H21N5O2. The van der Waals surface area contributed by atoms with Crippen LogP contribution in [-0.2, 0) is 16.1 Å². The maximum absolute atomic E-state index is 11.7. The molecule has 7 nitrogen and oxygen atoms in total. The van der Waals surface area contributed by atoms with E-state index in [1.165, 1.54) is 10.9 Å². The van der Waals surface area contributed by atoms with Gasteiger partial charge in [-0.3, -0.25) is 14.3 Å². The SMILES string of the molecule is CCC(N)CC(=O)Nc1cnn(CC(=O)NC2CC2)c1. The number of carbonyl (C=O) groups excluding carboxylic acids is 2. The number of nitrogens with zero attached hydrogens (tertiary/aromatic N) is 2. The first-order chi connectivity index (χ1) is 9.56. The van der Waals surface area contributed by atoms with Crippen LogP contribution in [0.1, 0.15) is 32.6 Å². The number of aromatic nitrogens is 2. The second-order valence-corrected chi connectivity index (χ2v) is 5.19. The molecule has 1 aromatic rings. The summed E-state index contributed by atoms with van der Waals surface area (Å²) >= 11 is 0. The fourth-order valence-electron chi connectivity index (χ4n) is 1.76. The van der Waals surface area contributed by atoms with Gasteiger partial charge < -0.3 is 16.4 Å². The molecule has 1 saturated carbocycles. The van der Waals surface area contributed by atoms with Crippen LogP contribution in [0.5, 0.6) is 0 Å². The average Bonchev–Trinajstić information content (AvgIpc) is 3.09. The molecule has 1 fully saturated rings. The molecule has 1 aliphatic rings. The largest absolute Gasteiger partial charge is 0.352 e. The van der Waals surface area contributed by atoms with Crippen molar-refractivity contribution in [3.8, 4) is 0 Å². The topological polar surface area (TPSA) is 102 Å². The quantitative estimate of drug-likeness (QED) is 0.664. The monoisotopic (exact) mass is 279 g/mol. The van der Waals surface area contributed by atoms with Gasteiger partial charge in [-0.25, -0.2) is 0 Å². The molecule has 1 aromatic heterocycles. The van der Waals surface area contributed by atoms with Crippen molar-refractivity contribution in [2.24, 2.45) is 5.73 Å². The Morgan fingerprint density at radius 1 is 1.50 bits per heavy atom. The average molecular weight is 279 g/mol. The van der Waals surface area contributed by atoms with Gasteiger partial charge in [0.05, 0.1) is 11.9 Å². The van der Waals surface area contributed by atoms with Gasteiger partial charge in [-0.15, -0.1) is 0 Å². The van der Waals surface area contributed by atoms with E-state index in [0.29, 0.717) is 11.7 Å². The van der Waals surface area contributed by atoms with Gasteiger partial charge >= 0.3 is 0 Å². The highest BCUT2D eigenvalue weighted by atomic mass is 16.2. The molecule has 0 aromatic carbocycles. The fraction of sp³-hybridized carbons (Fsp3) is 0.615. The zero-order chi connectivity index (χ0) is 14.5. The van der Waals surface area contributed by atoms with Crippen LogP contribution in [0.2, 0.25) is 0 Å². The third-order valence-corrected chi connectivity index (χ3v) is 3.14. The van der Waals surface area contributed by atoms with E-state index in [0.717, 1.165) is 19.3 Å². The van der Waals surface area contributed by atoms with Gasteiger partial charge in [0.25, 0.3) is 0 Å². The summed E-state index contributed by atoms with van der Waals surface area (Å²) in [6, 6.07) is 0.210. The highest BCUT2D eigenvalue weighted by Gasteiger charge is 2.23. The molecule has 0 aliphatic heterocycles. The van der Waals surface area contributed by atoms with E-state index >= 15 is 0 Å². The van der Waals surface area contributed by atoms with Crippen molar-refractivity contribution in [2.45, 2.75) is 51.2 Å². The van der Waals surface area contributed by atoms with Crippen LogP contribution in [0.3, 0.4) is 0 Å². The Bertz CT molecular complexity index is 481. The predicted octanol–water partition coefficient (Wildman–Crippen LogP) is 0.228. The zero-order valence-corrected chi connectivity index (χ0v) is 11.6. The number of nitrogens with one attached hydrogen (secondary N) is 2. The first-order valence-electron chi connectivity index (χ1n) is 6.94.